The minimum absolute atomic E-state index is 0.244. The highest BCUT2D eigenvalue weighted by Gasteiger charge is 2.52. The third-order valence-corrected chi connectivity index (χ3v) is 6.03. The van der Waals surface area contributed by atoms with E-state index in [1.807, 2.05) is 0 Å². The topological polar surface area (TPSA) is 71.1 Å². The second kappa shape index (κ2) is 7.95. The van der Waals surface area contributed by atoms with E-state index in [1.165, 1.54) is 0 Å². The molecule has 3 rings (SSSR count). The van der Waals surface area contributed by atoms with Crippen LogP contribution >= 0.6 is 0 Å². The predicted octanol–water partition coefficient (Wildman–Crippen LogP) is 2.27. The third kappa shape index (κ3) is 2.99. The van der Waals surface area contributed by atoms with Gasteiger partial charge in [-0.25, -0.2) is 0 Å². The lowest BCUT2D eigenvalue weighted by Crippen LogP contribution is -2.33. The standard InChI is InChI=1S/C24H26O6/c1-7-23(21(25)29-9-3)11-15-16(12-23)20(28-6)18-14-24(8-2,22(26)30-10-4)13-17(18)19(15)27-5/h1-2H,9-14H2,3-6H3. The largest absolute Gasteiger partial charge is 0.496 e. The molecule has 1 aromatic rings. The van der Waals surface area contributed by atoms with Crippen molar-refractivity contribution in [2.45, 2.75) is 39.5 Å². The predicted molar refractivity (Wildman–Crippen MR) is 110 cm³/mol. The zero-order valence-corrected chi connectivity index (χ0v) is 17.8. The molecule has 0 radical (unpaired) electrons. The van der Waals surface area contributed by atoms with E-state index in [9.17, 15) is 9.59 Å². The molecule has 0 N–H and O–H groups in total. The Hall–Kier alpha value is -3.12. The van der Waals surface area contributed by atoms with Gasteiger partial charge in [0.05, 0.1) is 27.4 Å². The van der Waals surface area contributed by atoms with Gasteiger partial charge in [-0.05, 0) is 13.8 Å². The van der Waals surface area contributed by atoms with E-state index >= 15 is 0 Å². The molecule has 0 aliphatic heterocycles. The van der Waals surface area contributed by atoms with Crippen LogP contribution in [0.25, 0.3) is 0 Å². The molecule has 0 heterocycles. The quantitative estimate of drug-likeness (QED) is 0.529. The van der Waals surface area contributed by atoms with Crippen molar-refractivity contribution in [3.8, 4) is 36.2 Å². The highest BCUT2D eigenvalue weighted by atomic mass is 16.5. The van der Waals surface area contributed by atoms with Gasteiger partial charge in [0.15, 0.2) is 0 Å². The molecule has 0 aromatic heterocycles. The molecule has 6 nitrogen and oxygen atoms in total. The van der Waals surface area contributed by atoms with Crippen LogP contribution in [0.3, 0.4) is 0 Å². The van der Waals surface area contributed by atoms with Gasteiger partial charge >= 0.3 is 11.9 Å². The number of terminal acetylenes is 2. The Morgan fingerprint density at radius 3 is 1.27 bits per heavy atom. The van der Waals surface area contributed by atoms with Crippen molar-refractivity contribution < 1.29 is 28.5 Å². The number of fused-ring (bicyclic) bond motifs is 2. The second-order valence-corrected chi connectivity index (χ2v) is 7.58. The summed E-state index contributed by atoms with van der Waals surface area (Å²) in [5, 5.41) is 0. The average Bonchev–Trinajstić information content (AvgIpc) is 3.32. The molecule has 6 heteroatoms. The smallest absolute Gasteiger partial charge is 0.324 e. The number of methoxy groups -OCH3 is 2. The maximum atomic E-state index is 12.7. The molecular formula is C24H26O6. The molecule has 0 unspecified atom stereocenters. The van der Waals surface area contributed by atoms with Gasteiger partial charge < -0.3 is 18.9 Å². The number of carbonyl (C=O) groups is 2. The van der Waals surface area contributed by atoms with Crippen molar-refractivity contribution >= 4 is 11.9 Å². The van der Waals surface area contributed by atoms with Gasteiger partial charge in [-0.3, -0.25) is 9.59 Å². The monoisotopic (exact) mass is 410 g/mol. The summed E-state index contributed by atoms with van der Waals surface area (Å²) in [5.74, 6) is 5.65. The maximum absolute atomic E-state index is 12.7. The first-order valence-corrected chi connectivity index (χ1v) is 9.94. The Labute approximate surface area is 177 Å². The minimum atomic E-state index is -1.11. The van der Waals surface area contributed by atoms with Crippen molar-refractivity contribution in [3.05, 3.63) is 22.3 Å². The van der Waals surface area contributed by atoms with E-state index in [4.69, 9.17) is 31.8 Å². The number of hydrogen-bond donors (Lipinski definition) is 0. The summed E-state index contributed by atoms with van der Waals surface area (Å²) in [7, 11) is 3.12. The molecule has 2 aliphatic rings. The minimum Gasteiger partial charge on any atom is -0.496 e. The van der Waals surface area contributed by atoms with E-state index in [-0.39, 0.29) is 38.9 Å². The van der Waals surface area contributed by atoms with E-state index in [0.29, 0.717) is 11.5 Å². The molecule has 158 valence electrons. The Morgan fingerprint density at radius 1 is 0.767 bits per heavy atom. The second-order valence-electron chi connectivity index (χ2n) is 7.58. The summed E-state index contributed by atoms with van der Waals surface area (Å²) in [4.78, 5) is 25.4. The van der Waals surface area contributed by atoms with Gasteiger partial charge in [-0.1, -0.05) is 11.8 Å². The molecule has 0 saturated heterocycles. The molecule has 1 aromatic carbocycles. The fourth-order valence-electron chi connectivity index (χ4n) is 4.63. The van der Waals surface area contributed by atoms with Crippen LogP contribution in [0.5, 0.6) is 11.5 Å². The van der Waals surface area contributed by atoms with Crippen LogP contribution in [0, 0.1) is 35.5 Å². The summed E-state index contributed by atoms with van der Waals surface area (Å²) >= 11 is 0. The van der Waals surface area contributed by atoms with Crippen LogP contribution in [0.2, 0.25) is 0 Å². The van der Waals surface area contributed by atoms with Crippen molar-refractivity contribution in [2.75, 3.05) is 27.4 Å². The van der Waals surface area contributed by atoms with Gasteiger partial charge in [0.1, 0.15) is 22.3 Å². The first kappa shape index (κ1) is 21.6. The summed E-state index contributed by atoms with van der Waals surface area (Å²) < 4.78 is 22.0. The molecule has 0 spiro atoms. The molecule has 0 fully saturated rings. The van der Waals surface area contributed by atoms with E-state index in [0.717, 1.165) is 22.3 Å². The zero-order chi connectivity index (χ0) is 22.1. The molecular weight excluding hydrogens is 384 g/mol. The summed E-state index contributed by atoms with van der Waals surface area (Å²) in [5.41, 5.74) is 0.981. The first-order chi connectivity index (χ1) is 14.4. The molecule has 30 heavy (non-hydrogen) atoms. The van der Waals surface area contributed by atoms with Crippen molar-refractivity contribution in [3.63, 3.8) is 0 Å². The van der Waals surface area contributed by atoms with Crippen LogP contribution in [0.1, 0.15) is 36.1 Å². The molecule has 2 aliphatic carbocycles. The SMILES string of the molecule is C#CC1(C(=O)OCC)Cc2c(c(OC)c3c(c2OC)CC(C#C)(C(=O)OCC)C3)C1. The average molecular weight is 410 g/mol. The number of benzene rings is 1. The van der Waals surface area contributed by atoms with E-state index in [2.05, 4.69) is 11.8 Å². The number of ether oxygens (including phenoxy) is 4. The number of esters is 2. The molecule has 0 amide bonds. The van der Waals surface area contributed by atoms with Gasteiger partial charge in [0, 0.05) is 47.9 Å². The number of carbonyl (C=O) groups excluding carboxylic acids is 2. The first-order valence-electron chi connectivity index (χ1n) is 9.94. The van der Waals surface area contributed by atoms with E-state index in [1.54, 1.807) is 28.1 Å². The lowest BCUT2D eigenvalue weighted by Gasteiger charge is -2.21. The molecule has 0 saturated carbocycles. The third-order valence-electron chi connectivity index (χ3n) is 6.03. The van der Waals surface area contributed by atoms with Crippen molar-refractivity contribution in [1.82, 2.24) is 0 Å². The summed E-state index contributed by atoms with van der Waals surface area (Å²) in [6, 6.07) is 0. The van der Waals surface area contributed by atoms with Crippen LogP contribution < -0.4 is 9.47 Å². The lowest BCUT2D eigenvalue weighted by atomic mass is 9.84. The zero-order valence-electron chi connectivity index (χ0n) is 17.8. The molecule has 0 bridgehead atoms. The number of rotatable bonds is 6. The highest BCUT2D eigenvalue weighted by Crippen LogP contribution is 2.54. The van der Waals surface area contributed by atoms with Crippen molar-refractivity contribution in [1.29, 1.82) is 0 Å². The van der Waals surface area contributed by atoms with Gasteiger partial charge in [0.2, 0.25) is 0 Å². The van der Waals surface area contributed by atoms with Crippen molar-refractivity contribution in [2.24, 2.45) is 10.8 Å². The lowest BCUT2D eigenvalue weighted by molar-refractivity contribution is -0.152. The van der Waals surface area contributed by atoms with Crippen LogP contribution in [0.4, 0.5) is 0 Å². The Morgan fingerprint density at radius 2 is 1.07 bits per heavy atom. The van der Waals surface area contributed by atoms with Crippen LogP contribution in [-0.4, -0.2) is 39.4 Å². The molecule has 0 atom stereocenters. The Bertz CT molecular complexity index is 859. The Balaban J connectivity index is 2.16. The summed E-state index contributed by atoms with van der Waals surface area (Å²) in [6.07, 6.45) is 12.7. The fourth-order valence-corrected chi connectivity index (χ4v) is 4.63. The van der Waals surface area contributed by atoms with Crippen LogP contribution in [0.15, 0.2) is 0 Å². The maximum Gasteiger partial charge on any atom is 0.324 e. The van der Waals surface area contributed by atoms with Gasteiger partial charge in [-0.15, -0.1) is 12.8 Å². The Kier molecular flexibility index (Phi) is 5.72. The normalized spacial score (nSPS) is 17.1. The van der Waals surface area contributed by atoms with Gasteiger partial charge in [0.25, 0.3) is 0 Å². The van der Waals surface area contributed by atoms with Crippen LogP contribution in [-0.2, 0) is 44.7 Å². The number of hydrogen-bond acceptors (Lipinski definition) is 6. The van der Waals surface area contributed by atoms with E-state index < -0.39 is 22.8 Å². The van der Waals surface area contributed by atoms with Gasteiger partial charge in [-0.2, -0.15) is 0 Å². The fraction of sp³-hybridized carbons (Fsp3) is 0.500. The highest BCUT2D eigenvalue weighted by molar-refractivity contribution is 5.86. The summed E-state index contributed by atoms with van der Waals surface area (Å²) in [6.45, 7) is 3.98.